The minimum atomic E-state index is -0.325. The van der Waals surface area contributed by atoms with Gasteiger partial charge in [-0.1, -0.05) is 6.07 Å². The normalized spacial score (nSPS) is 14.5. The zero-order chi connectivity index (χ0) is 23.5. The summed E-state index contributed by atoms with van der Waals surface area (Å²) in [6.07, 6.45) is 1.68. The Morgan fingerprint density at radius 3 is 2.74 bits per heavy atom. The molecule has 11 heteroatoms. The summed E-state index contributed by atoms with van der Waals surface area (Å²) in [4.78, 5) is 50.6. The Labute approximate surface area is 203 Å². The van der Waals surface area contributed by atoms with E-state index in [9.17, 15) is 14.4 Å². The van der Waals surface area contributed by atoms with E-state index in [1.807, 2.05) is 27.8 Å². The van der Waals surface area contributed by atoms with E-state index in [-0.39, 0.29) is 36.1 Å². The first-order valence-electron chi connectivity index (χ1n) is 10.9. The van der Waals surface area contributed by atoms with E-state index < -0.39 is 0 Å². The number of furan rings is 1. The van der Waals surface area contributed by atoms with Crippen LogP contribution in [0.1, 0.15) is 22.8 Å². The van der Waals surface area contributed by atoms with Crippen molar-refractivity contribution < 1.29 is 14.0 Å². The van der Waals surface area contributed by atoms with Crippen LogP contribution in [0.2, 0.25) is 0 Å². The van der Waals surface area contributed by atoms with Crippen LogP contribution in [0.4, 0.5) is 0 Å². The number of hydrogen-bond acceptors (Lipinski definition) is 8. The Hall–Kier alpha value is -3.28. The summed E-state index contributed by atoms with van der Waals surface area (Å²) in [5.41, 5.74) is 0.817. The highest BCUT2D eigenvalue weighted by molar-refractivity contribution is 7.18. The van der Waals surface area contributed by atoms with Crippen LogP contribution in [0.5, 0.6) is 0 Å². The molecule has 4 aromatic rings. The minimum Gasteiger partial charge on any atom is -0.459 e. The fraction of sp³-hybridized carbons (Fsp3) is 0.304. The van der Waals surface area contributed by atoms with Gasteiger partial charge in [0.2, 0.25) is 5.91 Å². The van der Waals surface area contributed by atoms with Crippen molar-refractivity contribution in [3.63, 3.8) is 0 Å². The Kier molecular flexibility index (Phi) is 6.57. The Bertz CT molecular complexity index is 1340. The second-order valence-electron chi connectivity index (χ2n) is 7.96. The summed E-state index contributed by atoms with van der Waals surface area (Å²) in [6.45, 7) is 3.36. The van der Waals surface area contributed by atoms with Gasteiger partial charge >= 0.3 is 0 Å². The summed E-state index contributed by atoms with van der Waals surface area (Å²) in [5, 5.41) is 7.33. The number of aromatic nitrogens is 2. The van der Waals surface area contributed by atoms with Gasteiger partial charge in [-0.15, -0.1) is 22.7 Å². The number of rotatable bonds is 7. The van der Waals surface area contributed by atoms with Crippen molar-refractivity contribution >= 4 is 44.7 Å². The number of nitrogens with zero attached hydrogens (tertiary/aromatic N) is 3. The predicted octanol–water partition coefficient (Wildman–Crippen LogP) is 2.77. The monoisotopic (exact) mass is 497 g/mol. The molecular weight excluding hydrogens is 474 g/mol. The van der Waals surface area contributed by atoms with E-state index in [0.29, 0.717) is 43.9 Å². The van der Waals surface area contributed by atoms with Crippen LogP contribution in [0.25, 0.3) is 20.7 Å². The lowest BCUT2D eigenvalue weighted by Crippen LogP contribution is -2.49. The highest BCUT2D eigenvalue weighted by atomic mass is 32.1. The van der Waals surface area contributed by atoms with Gasteiger partial charge in [-0.3, -0.25) is 19.3 Å². The second kappa shape index (κ2) is 9.92. The van der Waals surface area contributed by atoms with Crippen molar-refractivity contribution in [1.29, 1.82) is 0 Å². The summed E-state index contributed by atoms with van der Waals surface area (Å²) >= 11 is 3.09. The Morgan fingerprint density at radius 1 is 1.15 bits per heavy atom. The number of carbonyl (C=O) groups excluding carboxylic acids is 2. The van der Waals surface area contributed by atoms with E-state index in [1.165, 1.54) is 17.6 Å². The Morgan fingerprint density at radius 2 is 2.00 bits per heavy atom. The molecule has 0 bridgehead atoms. The lowest BCUT2D eigenvalue weighted by atomic mass is 10.2. The van der Waals surface area contributed by atoms with Crippen LogP contribution in [0, 0.1) is 0 Å². The third-order valence-corrected chi connectivity index (χ3v) is 7.52. The molecule has 5 heterocycles. The number of amides is 2. The molecular formula is C23H23N5O4S2. The fourth-order valence-electron chi connectivity index (χ4n) is 3.98. The summed E-state index contributed by atoms with van der Waals surface area (Å²) in [5.74, 6) is 0.551. The van der Waals surface area contributed by atoms with Crippen molar-refractivity contribution in [2.24, 2.45) is 0 Å². The number of aromatic amines is 1. The molecule has 0 spiro atoms. The van der Waals surface area contributed by atoms with Gasteiger partial charge in [0, 0.05) is 55.0 Å². The van der Waals surface area contributed by atoms with Crippen LogP contribution >= 0.6 is 22.7 Å². The first-order valence-corrected chi connectivity index (χ1v) is 12.7. The van der Waals surface area contributed by atoms with Crippen LogP contribution in [-0.4, -0.2) is 64.3 Å². The van der Waals surface area contributed by atoms with Crippen molar-refractivity contribution in [3.8, 4) is 10.4 Å². The number of fused-ring (bicyclic) bond motifs is 1. The molecule has 1 fully saturated rings. The number of carbonyl (C=O) groups is 2. The fourth-order valence-corrected chi connectivity index (χ4v) is 5.77. The van der Waals surface area contributed by atoms with Crippen LogP contribution in [0.3, 0.4) is 0 Å². The lowest BCUT2D eigenvalue weighted by Gasteiger charge is -2.34. The number of hydrogen-bond donors (Lipinski definition) is 2. The quantitative estimate of drug-likeness (QED) is 0.406. The van der Waals surface area contributed by atoms with E-state index in [2.05, 4.69) is 15.2 Å². The van der Waals surface area contributed by atoms with E-state index >= 15 is 0 Å². The third-order valence-electron chi connectivity index (χ3n) is 5.75. The highest BCUT2D eigenvalue weighted by Crippen LogP contribution is 2.33. The van der Waals surface area contributed by atoms with E-state index in [4.69, 9.17) is 9.40 Å². The molecule has 1 saturated heterocycles. The molecule has 2 amide bonds. The average Bonchev–Trinajstić information content (AvgIpc) is 3.61. The smallest absolute Gasteiger partial charge is 0.286 e. The number of thiophene rings is 2. The SMILES string of the molecule is O=C(NCCC(=O)N1CCN(Cc2nc3scc(-c4cccs4)c3c(=O)[nH]2)CC1)c1ccco1. The number of H-pyrrole nitrogens is 1. The van der Waals surface area contributed by atoms with Gasteiger partial charge < -0.3 is 19.6 Å². The van der Waals surface area contributed by atoms with Gasteiger partial charge in [0.1, 0.15) is 10.7 Å². The molecule has 4 aromatic heterocycles. The van der Waals surface area contributed by atoms with Crippen molar-refractivity contribution in [1.82, 2.24) is 25.1 Å². The van der Waals surface area contributed by atoms with Gasteiger partial charge in [-0.2, -0.15) is 0 Å². The average molecular weight is 498 g/mol. The van der Waals surface area contributed by atoms with Gasteiger partial charge in [-0.25, -0.2) is 4.98 Å². The number of nitrogens with one attached hydrogen (secondary N) is 2. The zero-order valence-corrected chi connectivity index (χ0v) is 19.9. The topological polar surface area (TPSA) is 112 Å². The molecule has 0 atom stereocenters. The molecule has 9 nitrogen and oxygen atoms in total. The molecule has 0 unspecified atom stereocenters. The zero-order valence-electron chi connectivity index (χ0n) is 18.3. The summed E-state index contributed by atoms with van der Waals surface area (Å²) in [7, 11) is 0. The summed E-state index contributed by atoms with van der Waals surface area (Å²) in [6, 6.07) is 7.21. The number of piperazine rings is 1. The molecule has 2 N–H and O–H groups in total. The lowest BCUT2D eigenvalue weighted by molar-refractivity contribution is -0.132. The maximum Gasteiger partial charge on any atom is 0.286 e. The highest BCUT2D eigenvalue weighted by Gasteiger charge is 2.22. The van der Waals surface area contributed by atoms with E-state index in [1.54, 1.807) is 23.5 Å². The predicted molar refractivity (Wildman–Crippen MR) is 131 cm³/mol. The molecule has 34 heavy (non-hydrogen) atoms. The maximum atomic E-state index is 12.8. The summed E-state index contributed by atoms with van der Waals surface area (Å²) < 4.78 is 5.04. The Balaban J connectivity index is 1.13. The molecule has 5 rings (SSSR count). The largest absolute Gasteiger partial charge is 0.459 e. The first kappa shape index (κ1) is 22.5. The molecule has 1 aliphatic heterocycles. The van der Waals surface area contributed by atoms with Gasteiger partial charge in [-0.05, 0) is 23.6 Å². The third kappa shape index (κ3) is 4.81. The van der Waals surface area contributed by atoms with Gasteiger partial charge in [0.05, 0.1) is 18.2 Å². The van der Waals surface area contributed by atoms with Crippen molar-refractivity contribution in [3.05, 3.63) is 63.2 Å². The standard InChI is InChI=1S/C23H23N5O4S2/c29-19(5-6-24-21(30)16-3-1-11-32-16)28-9-7-27(8-10-28)13-18-25-22(31)20-15(14-34-23(20)26-18)17-4-2-12-33-17/h1-4,11-12,14H,5-10,13H2,(H,24,30)(H,25,26,31). The van der Waals surface area contributed by atoms with Crippen LogP contribution in [-0.2, 0) is 11.3 Å². The first-order chi connectivity index (χ1) is 16.6. The van der Waals surface area contributed by atoms with Crippen LogP contribution < -0.4 is 10.9 Å². The van der Waals surface area contributed by atoms with Crippen LogP contribution in [0.15, 0.2) is 50.5 Å². The molecule has 176 valence electrons. The molecule has 0 radical (unpaired) electrons. The van der Waals surface area contributed by atoms with Crippen molar-refractivity contribution in [2.75, 3.05) is 32.7 Å². The van der Waals surface area contributed by atoms with Crippen molar-refractivity contribution in [2.45, 2.75) is 13.0 Å². The van der Waals surface area contributed by atoms with Gasteiger partial charge in [0.25, 0.3) is 11.5 Å². The molecule has 1 aliphatic rings. The van der Waals surface area contributed by atoms with E-state index in [0.717, 1.165) is 15.3 Å². The molecule has 0 saturated carbocycles. The molecule has 0 aliphatic carbocycles. The van der Waals surface area contributed by atoms with Gasteiger partial charge in [0.15, 0.2) is 5.76 Å². The maximum absolute atomic E-state index is 12.8. The minimum absolute atomic E-state index is 0.00652. The molecule has 0 aromatic carbocycles. The second-order valence-corrected chi connectivity index (χ2v) is 9.77.